The Morgan fingerprint density at radius 2 is 2.17 bits per heavy atom. The largest absolute Gasteiger partial charge is 0.488 e. The molecule has 3 atom stereocenters. The Kier molecular flexibility index (Phi) is 4.48. The lowest BCUT2D eigenvalue weighted by Crippen LogP contribution is -2.56. The van der Waals surface area contributed by atoms with E-state index in [0.29, 0.717) is 0 Å². The summed E-state index contributed by atoms with van der Waals surface area (Å²) in [6, 6.07) is 10.6. The molecule has 24 heavy (non-hydrogen) atoms. The monoisotopic (exact) mass is 406 g/mol. The van der Waals surface area contributed by atoms with Crippen LogP contribution in [-0.2, 0) is 4.74 Å². The summed E-state index contributed by atoms with van der Waals surface area (Å²) in [7, 11) is 0. The fraction of sp³-hybridized carbons (Fsp3) is 0.500. The lowest BCUT2D eigenvalue weighted by molar-refractivity contribution is -0.124. The first-order valence-electron chi connectivity index (χ1n) is 8.91. The molecule has 2 heterocycles. The minimum Gasteiger partial charge on any atom is -0.488 e. The van der Waals surface area contributed by atoms with Gasteiger partial charge in [-0.3, -0.25) is 0 Å². The van der Waals surface area contributed by atoms with E-state index in [4.69, 9.17) is 4.74 Å². The third kappa shape index (κ3) is 2.63. The van der Waals surface area contributed by atoms with Gasteiger partial charge in [-0.2, -0.15) is 0 Å². The van der Waals surface area contributed by atoms with Crippen molar-refractivity contribution < 1.29 is 9.84 Å². The van der Waals surface area contributed by atoms with E-state index in [9.17, 15) is 5.11 Å². The normalized spacial score (nSPS) is 29.3. The van der Waals surface area contributed by atoms with Crippen LogP contribution in [0.2, 0.25) is 0 Å². The second-order valence-corrected chi connectivity index (χ2v) is 8.89. The number of aliphatic hydroxyl groups is 1. The van der Waals surface area contributed by atoms with Gasteiger partial charge < -0.3 is 9.84 Å². The molecule has 2 nitrogen and oxygen atoms in total. The number of halogens is 1. The standard InChI is InChI=1S/C20H23BrO2S/c1-2-3-4-8-15-14-10-11-20(14,22)19(21)18(23-15)17-12-13-7-5-6-9-16(13)24-17/h5-7,9,12,14-15,22H,2-4,8,10-11H2,1H3/t14-,15+,20+/m1/s1. The van der Waals surface area contributed by atoms with Crippen LogP contribution in [0.15, 0.2) is 34.8 Å². The highest BCUT2D eigenvalue weighted by Crippen LogP contribution is 2.56. The summed E-state index contributed by atoms with van der Waals surface area (Å²) in [5, 5.41) is 12.4. The maximum atomic E-state index is 11.2. The third-order valence-corrected chi connectivity index (χ3v) is 7.65. The Labute approximate surface area is 155 Å². The molecular formula is C20H23BrO2S. The number of benzene rings is 1. The van der Waals surface area contributed by atoms with Gasteiger partial charge in [0, 0.05) is 10.6 Å². The molecule has 4 heteroatoms. The van der Waals surface area contributed by atoms with E-state index in [1.807, 2.05) is 0 Å². The molecule has 0 radical (unpaired) electrons. The zero-order valence-electron chi connectivity index (χ0n) is 13.9. The van der Waals surface area contributed by atoms with Gasteiger partial charge in [0.1, 0.15) is 17.5 Å². The number of hydrogen-bond acceptors (Lipinski definition) is 3. The van der Waals surface area contributed by atoms with Crippen LogP contribution in [0.4, 0.5) is 0 Å². The Bertz CT molecular complexity index is 748. The highest BCUT2D eigenvalue weighted by atomic mass is 79.9. The molecule has 1 N–H and O–H groups in total. The van der Waals surface area contributed by atoms with E-state index in [-0.39, 0.29) is 12.0 Å². The van der Waals surface area contributed by atoms with Crippen LogP contribution in [-0.4, -0.2) is 16.8 Å². The predicted octanol–water partition coefficient (Wildman–Crippen LogP) is 6.09. The lowest BCUT2D eigenvalue weighted by atomic mass is 9.64. The molecule has 0 unspecified atom stereocenters. The van der Waals surface area contributed by atoms with Crippen molar-refractivity contribution in [1.29, 1.82) is 0 Å². The second kappa shape index (κ2) is 6.47. The van der Waals surface area contributed by atoms with Gasteiger partial charge in [0.2, 0.25) is 0 Å². The van der Waals surface area contributed by atoms with E-state index < -0.39 is 5.60 Å². The summed E-state index contributed by atoms with van der Waals surface area (Å²) in [6.07, 6.45) is 6.68. The molecule has 1 fully saturated rings. The molecule has 0 amide bonds. The van der Waals surface area contributed by atoms with Crippen LogP contribution in [0.3, 0.4) is 0 Å². The van der Waals surface area contributed by atoms with E-state index in [2.05, 4.69) is 53.2 Å². The Hall–Kier alpha value is -0.840. The maximum absolute atomic E-state index is 11.2. The maximum Gasteiger partial charge on any atom is 0.149 e. The van der Waals surface area contributed by atoms with Gasteiger partial charge >= 0.3 is 0 Å². The van der Waals surface area contributed by atoms with Crippen LogP contribution < -0.4 is 0 Å². The molecular weight excluding hydrogens is 384 g/mol. The average molecular weight is 407 g/mol. The molecule has 2 aliphatic rings. The lowest BCUT2D eigenvalue weighted by Gasteiger charge is -2.52. The third-order valence-electron chi connectivity index (χ3n) is 5.49. The average Bonchev–Trinajstić information content (AvgIpc) is 3.00. The molecule has 2 aromatic rings. The molecule has 0 spiro atoms. The van der Waals surface area contributed by atoms with Gasteiger partial charge in [-0.05, 0) is 59.1 Å². The molecule has 1 aromatic heterocycles. The molecule has 1 aliphatic heterocycles. The first kappa shape index (κ1) is 16.6. The van der Waals surface area contributed by atoms with E-state index in [1.54, 1.807) is 11.3 Å². The van der Waals surface area contributed by atoms with Crippen LogP contribution in [0.1, 0.15) is 50.3 Å². The molecule has 128 valence electrons. The summed E-state index contributed by atoms with van der Waals surface area (Å²) in [6.45, 7) is 2.22. The first-order chi connectivity index (χ1) is 11.6. The van der Waals surface area contributed by atoms with Gasteiger partial charge in [0.25, 0.3) is 0 Å². The van der Waals surface area contributed by atoms with Crippen LogP contribution >= 0.6 is 27.3 Å². The van der Waals surface area contributed by atoms with Crippen molar-refractivity contribution in [3.05, 3.63) is 39.7 Å². The van der Waals surface area contributed by atoms with Gasteiger partial charge in [-0.1, -0.05) is 38.0 Å². The quantitative estimate of drug-likeness (QED) is 0.609. The van der Waals surface area contributed by atoms with E-state index in [0.717, 1.165) is 34.4 Å². The Morgan fingerprint density at radius 3 is 2.88 bits per heavy atom. The molecule has 4 rings (SSSR count). The first-order valence-corrected chi connectivity index (χ1v) is 10.5. The van der Waals surface area contributed by atoms with Gasteiger partial charge in [-0.25, -0.2) is 0 Å². The van der Waals surface area contributed by atoms with Crippen LogP contribution in [0, 0.1) is 5.92 Å². The van der Waals surface area contributed by atoms with E-state index in [1.165, 1.54) is 29.3 Å². The minimum absolute atomic E-state index is 0.136. The zero-order chi connectivity index (χ0) is 16.7. The Balaban J connectivity index is 1.68. The minimum atomic E-state index is -0.722. The molecule has 1 aliphatic carbocycles. The summed E-state index contributed by atoms with van der Waals surface area (Å²) >= 11 is 5.42. The summed E-state index contributed by atoms with van der Waals surface area (Å²) in [4.78, 5) is 1.11. The van der Waals surface area contributed by atoms with Crippen molar-refractivity contribution in [2.24, 2.45) is 5.92 Å². The van der Waals surface area contributed by atoms with Crippen LogP contribution in [0.5, 0.6) is 0 Å². The number of unbranched alkanes of at least 4 members (excludes halogenated alkanes) is 2. The highest BCUT2D eigenvalue weighted by Gasteiger charge is 2.56. The van der Waals surface area contributed by atoms with Gasteiger partial charge in [0.15, 0.2) is 0 Å². The van der Waals surface area contributed by atoms with Crippen molar-refractivity contribution in [3.63, 3.8) is 0 Å². The smallest absolute Gasteiger partial charge is 0.149 e. The van der Waals surface area contributed by atoms with Gasteiger partial charge in [-0.15, -0.1) is 11.3 Å². The molecule has 1 saturated carbocycles. The van der Waals surface area contributed by atoms with Gasteiger partial charge in [0.05, 0.1) is 9.36 Å². The number of thiophene rings is 1. The number of rotatable bonds is 5. The van der Waals surface area contributed by atoms with Crippen molar-refractivity contribution >= 4 is 43.1 Å². The molecule has 0 saturated heterocycles. The van der Waals surface area contributed by atoms with E-state index >= 15 is 0 Å². The fourth-order valence-corrected chi connectivity index (χ4v) is 5.94. The number of ether oxygens (including phenoxy) is 1. The summed E-state index contributed by atoms with van der Waals surface area (Å²) in [5.74, 6) is 1.10. The topological polar surface area (TPSA) is 29.5 Å². The van der Waals surface area contributed by atoms with Crippen molar-refractivity contribution in [2.75, 3.05) is 0 Å². The van der Waals surface area contributed by atoms with Crippen molar-refractivity contribution in [3.8, 4) is 0 Å². The Morgan fingerprint density at radius 1 is 1.33 bits per heavy atom. The zero-order valence-corrected chi connectivity index (χ0v) is 16.3. The molecule has 1 aromatic carbocycles. The van der Waals surface area contributed by atoms with Crippen LogP contribution in [0.25, 0.3) is 15.8 Å². The second-order valence-electron chi connectivity index (χ2n) is 7.01. The summed E-state index contributed by atoms with van der Waals surface area (Å²) < 4.78 is 8.55. The fourth-order valence-electron chi connectivity index (χ4n) is 3.95. The number of fused-ring (bicyclic) bond motifs is 2. The number of hydrogen-bond donors (Lipinski definition) is 1. The van der Waals surface area contributed by atoms with Crippen molar-refractivity contribution in [1.82, 2.24) is 0 Å². The van der Waals surface area contributed by atoms with Crippen molar-refractivity contribution in [2.45, 2.75) is 57.2 Å². The molecule has 0 bridgehead atoms. The highest BCUT2D eigenvalue weighted by molar-refractivity contribution is 9.12. The predicted molar refractivity (Wildman–Crippen MR) is 104 cm³/mol. The summed E-state index contributed by atoms with van der Waals surface area (Å²) in [5.41, 5.74) is -0.722. The SMILES string of the molecule is CCCCC[C@@H]1OC(c2cc3ccccc3s2)=C(Br)[C@]2(O)CC[C@H]12.